The van der Waals surface area contributed by atoms with E-state index in [0.717, 1.165) is 12.5 Å². The van der Waals surface area contributed by atoms with Crippen LogP contribution in [0, 0.1) is 0 Å². The molecular weight excluding hydrogens is 291 g/mol. The van der Waals surface area contributed by atoms with E-state index in [4.69, 9.17) is 44.6 Å². The number of nitrogens with two attached hydrogens (primary N) is 2. The molecule has 0 saturated carbocycles. The van der Waals surface area contributed by atoms with Crippen LogP contribution in [-0.4, -0.2) is 23.2 Å². The molecule has 0 aliphatic rings. The molecule has 0 amide bonds. The molecule has 0 fully saturated rings. The standard InChI is InChI=1S/C9H10Cl2N4.C2H4O2/c10-7-2-1-3-8(11)6(7)4-5-14-15-9(12)13;1-2(3)4/h1-3,5H,4H2,(H4,12,13,15);1H3,(H,3,4). The summed E-state index contributed by atoms with van der Waals surface area (Å²) in [4.78, 5) is 9.00. The molecule has 0 aliphatic carbocycles. The largest absolute Gasteiger partial charge is 0.481 e. The van der Waals surface area contributed by atoms with Gasteiger partial charge in [0.25, 0.3) is 5.97 Å². The van der Waals surface area contributed by atoms with Gasteiger partial charge in [-0.25, -0.2) is 0 Å². The zero-order valence-electron chi connectivity index (χ0n) is 10.2. The molecule has 0 bridgehead atoms. The highest BCUT2D eigenvalue weighted by molar-refractivity contribution is 6.36. The molecule has 1 aromatic rings. The van der Waals surface area contributed by atoms with Crippen LogP contribution in [0.3, 0.4) is 0 Å². The average Bonchev–Trinajstić information content (AvgIpc) is 2.26. The van der Waals surface area contributed by atoms with E-state index in [9.17, 15) is 0 Å². The highest BCUT2D eigenvalue weighted by Gasteiger charge is 2.02. The Morgan fingerprint density at radius 3 is 2.26 bits per heavy atom. The Morgan fingerprint density at radius 2 is 1.84 bits per heavy atom. The van der Waals surface area contributed by atoms with E-state index in [-0.39, 0.29) is 5.96 Å². The number of halogens is 2. The van der Waals surface area contributed by atoms with Crippen LogP contribution in [-0.2, 0) is 11.2 Å². The quantitative estimate of drug-likeness (QED) is 0.449. The van der Waals surface area contributed by atoms with Gasteiger partial charge in [0.2, 0.25) is 5.96 Å². The van der Waals surface area contributed by atoms with Gasteiger partial charge in [0, 0.05) is 29.6 Å². The fraction of sp³-hybridized carbons (Fsp3) is 0.182. The number of aliphatic carboxylic acids is 1. The van der Waals surface area contributed by atoms with Crippen molar-refractivity contribution < 1.29 is 9.90 Å². The average molecular weight is 305 g/mol. The molecule has 0 unspecified atom stereocenters. The summed E-state index contributed by atoms with van der Waals surface area (Å²) in [5.41, 5.74) is 11.0. The van der Waals surface area contributed by atoms with Crippen molar-refractivity contribution in [2.24, 2.45) is 21.7 Å². The number of nitrogens with zero attached hydrogens (tertiary/aromatic N) is 2. The second kappa shape index (κ2) is 9.18. The second-order valence-corrected chi connectivity index (χ2v) is 4.06. The Kier molecular flexibility index (Phi) is 8.32. The molecule has 0 radical (unpaired) electrons. The van der Waals surface area contributed by atoms with E-state index >= 15 is 0 Å². The summed E-state index contributed by atoms with van der Waals surface area (Å²) in [6.07, 6.45) is 2.02. The van der Waals surface area contributed by atoms with E-state index in [0.29, 0.717) is 16.5 Å². The number of hydrogen-bond acceptors (Lipinski definition) is 3. The van der Waals surface area contributed by atoms with Crippen LogP contribution in [0.25, 0.3) is 0 Å². The van der Waals surface area contributed by atoms with Gasteiger partial charge >= 0.3 is 0 Å². The van der Waals surface area contributed by atoms with Crippen molar-refractivity contribution in [3.63, 3.8) is 0 Å². The van der Waals surface area contributed by atoms with Crippen LogP contribution >= 0.6 is 23.2 Å². The Labute approximate surface area is 120 Å². The van der Waals surface area contributed by atoms with E-state index < -0.39 is 5.97 Å². The number of benzene rings is 1. The topological polar surface area (TPSA) is 114 Å². The lowest BCUT2D eigenvalue weighted by Gasteiger charge is -2.01. The maximum atomic E-state index is 9.00. The van der Waals surface area contributed by atoms with Crippen molar-refractivity contribution in [3.05, 3.63) is 33.8 Å². The highest BCUT2D eigenvalue weighted by Crippen LogP contribution is 2.23. The van der Waals surface area contributed by atoms with Gasteiger partial charge in [-0.1, -0.05) is 29.3 Å². The minimum Gasteiger partial charge on any atom is -0.481 e. The first-order valence-electron chi connectivity index (χ1n) is 5.07. The van der Waals surface area contributed by atoms with Crippen LogP contribution in [0.4, 0.5) is 0 Å². The molecule has 6 nitrogen and oxygen atoms in total. The van der Waals surface area contributed by atoms with E-state index in [1.54, 1.807) is 18.2 Å². The molecule has 0 spiro atoms. The summed E-state index contributed by atoms with van der Waals surface area (Å²) in [6.45, 7) is 1.08. The number of carbonyl (C=O) groups is 1. The Morgan fingerprint density at radius 1 is 1.37 bits per heavy atom. The molecule has 0 atom stereocenters. The first-order valence-corrected chi connectivity index (χ1v) is 5.83. The Bertz CT molecular complexity index is 461. The van der Waals surface area contributed by atoms with Crippen LogP contribution in [0.1, 0.15) is 12.5 Å². The molecule has 19 heavy (non-hydrogen) atoms. The SMILES string of the molecule is CC(=O)O.NC(N)=NN=CCc1c(Cl)cccc1Cl. The minimum atomic E-state index is -0.833. The van der Waals surface area contributed by atoms with E-state index in [1.165, 1.54) is 6.21 Å². The molecule has 1 rings (SSSR count). The van der Waals surface area contributed by atoms with Crippen LogP contribution in [0.5, 0.6) is 0 Å². The summed E-state index contributed by atoms with van der Waals surface area (Å²) in [5.74, 6) is -0.920. The number of hydrogen-bond donors (Lipinski definition) is 3. The fourth-order valence-corrected chi connectivity index (χ4v) is 1.52. The summed E-state index contributed by atoms with van der Waals surface area (Å²) in [6, 6.07) is 5.30. The molecule has 1 aromatic carbocycles. The molecule has 8 heteroatoms. The van der Waals surface area contributed by atoms with Crippen molar-refractivity contribution in [3.8, 4) is 0 Å². The monoisotopic (exact) mass is 304 g/mol. The normalized spacial score (nSPS) is 9.63. The lowest BCUT2D eigenvalue weighted by atomic mass is 10.2. The molecule has 104 valence electrons. The van der Waals surface area contributed by atoms with Gasteiger partial charge in [-0.15, -0.1) is 5.10 Å². The second-order valence-electron chi connectivity index (χ2n) is 3.25. The van der Waals surface area contributed by atoms with Gasteiger partial charge in [-0.05, 0) is 17.7 Å². The smallest absolute Gasteiger partial charge is 0.300 e. The van der Waals surface area contributed by atoms with E-state index in [2.05, 4.69) is 10.2 Å². The molecule has 0 heterocycles. The van der Waals surface area contributed by atoms with Gasteiger partial charge in [0.15, 0.2) is 0 Å². The van der Waals surface area contributed by atoms with Crippen LogP contribution < -0.4 is 11.5 Å². The van der Waals surface area contributed by atoms with Crippen molar-refractivity contribution in [2.75, 3.05) is 0 Å². The summed E-state index contributed by atoms with van der Waals surface area (Å²) in [7, 11) is 0. The Balaban J connectivity index is 0.000000711. The highest BCUT2D eigenvalue weighted by atomic mass is 35.5. The maximum absolute atomic E-state index is 9.00. The molecule has 0 aliphatic heterocycles. The maximum Gasteiger partial charge on any atom is 0.300 e. The van der Waals surface area contributed by atoms with E-state index in [1.807, 2.05) is 0 Å². The lowest BCUT2D eigenvalue weighted by molar-refractivity contribution is -0.134. The molecule has 0 saturated heterocycles. The van der Waals surface area contributed by atoms with Crippen molar-refractivity contribution in [2.45, 2.75) is 13.3 Å². The van der Waals surface area contributed by atoms with Crippen molar-refractivity contribution in [1.82, 2.24) is 0 Å². The number of carboxylic acids is 1. The first-order chi connectivity index (χ1) is 8.84. The van der Waals surface area contributed by atoms with Gasteiger partial charge in [0.05, 0.1) is 0 Å². The number of guanidine groups is 1. The number of carboxylic acid groups (broad SMARTS) is 1. The molecule has 0 aromatic heterocycles. The van der Waals surface area contributed by atoms with Crippen LogP contribution in [0.2, 0.25) is 10.0 Å². The third-order valence-corrected chi connectivity index (χ3v) is 2.32. The predicted octanol–water partition coefficient (Wildman–Crippen LogP) is 1.89. The van der Waals surface area contributed by atoms with Crippen molar-refractivity contribution in [1.29, 1.82) is 0 Å². The third kappa shape index (κ3) is 8.87. The zero-order chi connectivity index (χ0) is 14.8. The van der Waals surface area contributed by atoms with Gasteiger partial charge in [-0.3, -0.25) is 4.79 Å². The predicted molar refractivity (Wildman–Crippen MR) is 77.8 cm³/mol. The molecule has 5 N–H and O–H groups in total. The Hall–Kier alpha value is -1.79. The minimum absolute atomic E-state index is 0.0866. The zero-order valence-corrected chi connectivity index (χ0v) is 11.7. The van der Waals surface area contributed by atoms with Gasteiger partial charge in [0.1, 0.15) is 0 Å². The first kappa shape index (κ1) is 17.2. The summed E-state index contributed by atoms with van der Waals surface area (Å²) in [5, 5.41) is 15.7. The molecular formula is C11H14Cl2N4O2. The third-order valence-electron chi connectivity index (χ3n) is 1.61. The lowest BCUT2D eigenvalue weighted by Crippen LogP contribution is -2.21. The summed E-state index contributed by atoms with van der Waals surface area (Å²) < 4.78 is 0. The fourth-order valence-electron chi connectivity index (χ4n) is 0.967. The summed E-state index contributed by atoms with van der Waals surface area (Å²) >= 11 is 11.9. The van der Waals surface area contributed by atoms with Crippen molar-refractivity contribution >= 4 is 41.3 Å². The number of rotatable bonds is 3. The van der Waals surface area contributed by atoms with Gasteiger partial charge in [-0.2, -0.15) is 5.10 Å². The van der Waals surface area contributed by atoms with Crippen LogP contribution in [0.15, 0.2) is 28.4 Å². The van der Waals surface area contributed by atoms with Gasteiger partial charge < -0.3 is 16.6 Å².